The Morgan fingerprint density at radius 1 is 1.29 bits per heavy atom. The lowest BCUT2D eigenvalue weighted by Crippen LogP contribution is -2.43. The van der Waals surface area contributed by atoms with E-state index in [4.69, 9.17) is 4.74 Å². The first-order valence-electron chi connectivity index (χ1n) is 7.43. The molecule has 116 valence electrons. The van der Waals surface area contributed by atoms with Crippen molar-refractivity contribution in [3.8, 4) is 5.75 Å². The van der Waals surface area contributed by atoms with E-state index < -0.39 is 0 Å². The number of nitrogens with one attached hydrogen (secondary N) is 1. The van der Waals surface area contributed by atoms with E-state index in [0.29, 0.717) is 5.91 Å². The number of hydrogen-bond acceptors (Lipinski definition) is 3. The molecule has 2 aliphatic heterocycles. The van der Waals surface area contributed by atoms with Gasteiger partial charge in [0.15, 0.2) is 0 Å². The molecule has 1 fully saturated rings. The summed E-state index contributed by atoms with van der Waals surface area (Å²) in [5.41, 5.74) is 2.58. The van der Waals surface area contributed by atoms with E-state index in [1.54, 1.807) is 7.11 Å². The molecule has 0 bridgehead atoms. The van der Waals surface area contributed by atoms with Gasteiger partial charge in [0, 0.05) is 19.0 Å². The van der Waals surface area contributed by atoms with Crippen molar-refractivity contribution in [2.75, 3.05) is 26.7 Å². The van der Waals surface area contributed by atoms with E-state index in [2.05, 4.69) is 17.4 Å². The minimum absolute atomic E-state index is 0. The summed E-state index contributed by atoms with van der Waals surface area (Å²) >= 11 is 0. The monoisotopic (exact) mass is 310 g/mol. The maximum atomic E-state index is 12.6. The summed E-state index contributed by atoms with van der Waals surface area (Å²) in [6.07, 6.45) is 2.90. The second-order valence-corrected chi connectivity index (χ2v) is 5.67. The van der Waals surface area contributed by atoms with Crippen LogP contribution in [-0.4, -0.2) is 37.6 Å². The van der Waals surface area contributed by atoms with Crippen LogP contribution in [0.2, 0.25) is 0 Å². The Labute approximate surface area is 132 Å². The third-order valence-corrected chi connectivity index (χ3v) is 4.43. The number of carbonyl (C=O) groups is 1. The molecule has 0 atom stereocenters. The fraction of sp³-hybridized carbons (Fsp3) is 0.562. The van der Waals surface area contributed by atoms with Crippen molar-refractivity contribution in [2.45, 2.75) is 25.8 Å². The first-order valence-corrected chi connectivity index (χ1v) is 7.43. The fourth-order valence-electron chi connectivity index (χ4n) is 3.18. The molecule has 0 unspecified atom stereocenters. The van der Waals surface area contributed by atoms with Crippen molar-refractivity contribution >= 4 is 18.3 Å². The number of amides is 1. The SMILES string of the molecule is COc1ccc2c(c1)CN(C(=O)C1CCNCC1)CC2.Cl. The highest BCUT2D eigenvalue weighted by atomic mass is 35.5. The zero-order valence-corrected chi connectivity index (χ0v) is 13.2. The van der Waals surface area contributed by atoms with E-state index in [0.717, 1.165) is 51.2 Å². The molecule has 1 N–H and O–H groups in total. The topological polar surface area (TPSA) is 41.6 Å². The van der Waals surface area contributed by atoms with Gasteiger partial charge < -0.3 is 15.0 Å². The van der Waals surface area contributed by atoms with Crippen LogP contribution < -0.4 is 10.1 Å². The number of carbonyl (C=O) groups excluding carboxylic acids is 1. The lowest BCUT2D eigenvalue weighted by Gasteiger charge is -2.33. The van der Waals surface area contributed by atoms with Gasteiger partial charge in [0.2, 0.25) is 5.91 Å². The van der Waals surface area contributed by atoms with E-state index >= 15 is 0 Å². The van der Waals surface area contributed by atoms with Crippen LogP contribution in [0, 0.1) is 5.92 Å². The number of ether oxygens (including phenoxy) is 1. The number of halogens is 1. The minimum Gasteiger partial charge on any atom is -0.497 e. The zero-order chi connectivity index (χ0) is 13.9. The molecule has 0 aliphatic carbocycles. The average molecular weight is 311 g/mol. The molecule has 1 saturated heterocycles. The van der Waals surface area contributed by atoms with Gasteiger partial charge in [-0.3, -0.25) is 4.79 Å². The van der Waals surface area contributed by atoms with Gasteiger partial charge in [0.1, 0.15) is 5.75 Å². The van der Waals surface area contributed by atoms with Gasteiger partial charge in [-0.1, -0.05) is 6.07 Å². The van der Waals surface area contributed by atoms with Gasteiger partial charge in [0.05, 0.1) is 7.11 Å². The first-order chi connectivity index (χ1) is 9.78. The summed E-state index contributed by atoms with van der Waals surface area (Å²) in [5.74, 6) is 1.42. The third kappa shape index (κ3) is 3.50. The standard InChI is InChI=1S/C16H22N2O2.ClH/c1-20-15-3-2-12-6-9-18(11-14(12)10-15)16(19)13-4-7-17-8-5-13;/h2-3,10,13,17H,4-9,11H2,1H3;1H. The second kappa shape index (κ2) is 7.14. The normalized spacial score (nSPS) is 18.6. The van der Waals surface area contributed by atoms with Gasteiger partial charge in [-0.25, -0.2) is 0 Å². The first kappa shape index (κ1) is 16.1. The highest BCUT2D eigenvalue weighted by Crippen LogP contribution is 2.26. The summed E-state index contributed by atoms with van der Waals surface area (Å²) in [6.45, 7) is 3.51. The van der Waals surface area contributed by atoms with Crippen molar-refractivity contribution in [1.29, 1.82) is 0 Å². The van der Waals surface area contributed by atoms with Crippen molar-refractivity contribution < 1.29 is 9.53 Å². The minimum atomic E-state index is 0. The largest absolute Gasteiger partial charge is 0.497 e. The molecule has 2 aliphatic rings. The lowest BCUT2D eigenvalue weighted by atomic mass is 9.94. The highest BCUT2D eigenvalue weighted by molar-refractivity contribution is 5.85. The van der Waals surface area contributed by atoms with Gasteiger partial charge in [0.25, 0.3) is 0 Å². The molecule has 4 nitrogen and oxygen atoms in total. The smallest absolute Gasteiger partial charge is 0.226 e. The predicted molar refractivity (Wildman–Crippen MR) is 85.0 cm³/mol. The van der Waals surface area contributed by atoms with Crippen molar-refractivity contribution in [2.24, 2.45) is 5.92 Å². The molecule has 0 spiro atoms. The molecule has 1 aromatic carbocycles. The number of nitrogens with zero attached hydrogens (tertiary/aromatic N) is 1. The van der Waals surface area contributed by atoms with E-state index in [1.165, 1.54) is 11.1 Å². The second-order valence-electron chi connectivity index (χ2n) is 5.67. The van der Waals surface area contributed by atoms with Crippen LogP contribution in [0.4, 0.5) is 0 Å². The predicted octanol–water partition coefficient (Wildman–Crippen LogP) is 2.00. The number of methoxy groups -OCH3 is 1. The van der Waals surface area contributed by atoms with Crippen LogP contribution in [0.3, 0.4) is 0 Å². The van der Waals surface area contributed by atoms with Crippen molar-refractivity contribution in [1.82, 2.24) is 10.2 Å². The molecule has 3 rings (SSSR count). The molecule has 5 heteroatoms. The summed E-state index contributed by atoms with van der Waals surface area (Å²) in [5, 5.41) is 3.32. The van der Waals surface area contributed by atoms with Crippen LogP contribution in [-0.2, 0) is 17.8 Å². The van der Waals surface area contributed by atoms with Crippen LogP contribution in [0.5, 0.6) is 5.75 Å². The van der Waals surface area contributed by atoms with Gasteiger partial charge >= 0.3 is 0 Å². The number of fused-ring (bicyclic) bond motifs is 1. The lowest BCUT2D eigenvalue weighted by molar-refractivity contribution is -0.137. The van der Waals surface area contributed by atoms with Crippen LogP contribution in [0.25, 0.3) is 0 Å². The fourth-order valence-corrected chi connectivity index (χ4v) is 3.18. The van der Waals surface area contributed by atoms with Crippen LogP contribution in [0.15, 0.2) is 18.2 Å². The van der Waals surface area contributed by atoms with E-state index in [-0.39, 0.29) is 18.3 Å². The molecule has 21 heavy (non-hydrogen) atoms. The Bertz CT molecular complexity index is 501. The molecular weight excluding hydrogens is 288 g/mol. The molecule has 0 aromatic heterocycles. The zero-order valence-electron chi connectivity index (χ0n) is 12.4. The highest BCUT2D eigenvalue weighted by Gasteiger charge is 2.28. The van der Waals surface area contributed by atoms with Crippen LogP contribution >= 0.6 is 12.4 Å². The number of benzene rings is 1. The summed E-state index contributed by atoms with van der Waals surface area (Å²) in [4.78, 5) is 14.6. The molecule has 0 saturated carbocycles. The van der Waals surface area contributed by atoms with Gasteiger partial charge in [-0.15, -0.1) is 12.4 Å². The maximum Gasteiger partial charge on any atom is 0.226 e. The molecular formula is C16H23ClN2O2. The average Bonchev–Trinajstić information content (AvgIpc) is 2.54. The Morgan fingerprint density at radius 3 is 2.76 bits per heavy atom. The molecule has 1 amide bonds. The van der Waals surface area contributed by atoms with Gasteiger partial charge in [-0.2, -0.15) is 0 Å². The Morgan fingerprint density at radius 2 is 2.05 bits per heavy atom. The Hall–Kier alpha value is -1.26. The van der Waals surface area contributed by atoms with Gasteiger partial charge in [-0.05, 0) is 55.6 Å². The van der Waals surface area contributed by atoms with Crippen molar-refractivity contribution in [3.05, 3.63) is 29.3 Å². The molecule has 2 heterocycles. The quantitative estimate of drug-likeness (QED) is 0.908. The summed E-state index contributed by atoms with van der Waals surface area (Å²) in [7, 11) is 1.68. The Balaban J connectivity index is 0.00000161. The molecule has 0 radical (unpaired) electrons. The third-order valence-electron chi connectivity index (χ3n) is 4.43. The van der Waals surface area contributed by atoms with Crippen LogP contribution in [0.1, 0.15) is 24.0 Å². The maximum absolute atomic E-state index is 12.6. The summed E-state index contributed by atoms with van der Waals surface area (Å²) in [6, 6.07) is 6.20. The molecule has 1 aromatic rings. The van der Waals surface area contributed by atoms with E-state index in [1.807, 2.05) is 11.0 Å². The number of piperidine rings is 1. The Kier molecular flexibility index (Phi) is 5.48. The van der Waals surface area contributed by atoms with Crippen molar-refractivity contribution in [3.63, 3.8) is 0 Å². The van der Waals surface area contributed by atoms with E-state index in [9.17, 15) is 4.79 Å². The number of rotatable bonds is 2. The summed E-state index contributed by atoms with van der Waals surface area (Å²) < 4.78 is 5.28. The number of hydrogen-bond donors (Lipinski definition) is 1.